The van der Waals surface area contributed by atoms with Crippen LogP contribution >= 0.6 is 0 Å². The van der Waals surface area contributed by atoms with Gasteiger partial charge in [-0.25, -0.2) is 9.67 Å². The molecule has 0 amide bonds. The molecule has 0 bridgehead atoms. The summed E-state index contributed by atoms with van der Waals surface area (Å²) in [6.45, 7) is 2.07. The lowest BCUT2D eigenvalue weighted by Crippen LogP contribution is -2.40. The molecule has 0 atom stereocenters. The van der Waals surface area contributed by atoms with Gasteiger partial charge in [0, 0.05) is 63.1 Å². The standard InChI is InChI=1S/C20H22N6O2/c1-24-13-10-22-19(20(24)28)25-11-6-15(7-12-25)14-26-18(27)3-2-17(23-26)16-4-8-21-9-5-16/h2-5,8-10,13,15H,6-7,11-12,14H2,1H3. The van der Waals surface area contributed by atoms with Gasteiger partial charge in [0.05, 0.1) is 5.69 Å². The van der Waals surface area contributed by atoms with Crippen LogP contribution in [0.2, 0.25) is 0 Å². The zero-order valence-electron chi connectivity index (χ0n) is 15.7. The van der Waals surface area contributed by atoms with Gasteiger partial charge in [0.1, 0.15) is 0 Å². The van der Waals surface area contributed by atoms with Crippen molar-refractivity contribution in [1.82, 2.24) is 24.3 Å². The third-order valence-corrected chi connectivity index (χ3v) is 5.19. The quantitative estimate of drug-likeness (QED) is 0.681. The number of hydrogen-bond donors (Lipinski definition) is 0. The minimum absolute atomic E-state index is 0.0797. The van der Waals surface area contributed by atoms with E-state index in [0.717, 1.165) is 37.2 Å². The van der Waals surface area contributed by atoms with Crippen LogP contribution in [-0.4, -0.2) is 37.4 Å². The second-order valence-electron chi connectivity index (χ2n) is 7.07. The van der Waals surface area contributed by atoms with Crippen LogP contribution in [0.4, 0.5) is 5.82 Å². The molecule has 3 aromatic heterocycles. The summed E-state index contributed by atoms with van der Waals surface area (Å²) in [5.41, 5.74) is 1.52. The van der Waals surface area contributed by atoms with Crippen molar-refractivity contribution >= 4 is 5.82 Å². The summed E-state index contributed by atoms with van der Waals surface area (Å²) >= 11 is 0. The number of hydrogen-bond acceptors (Lipinski definition) is 6. The number of aromatic nitrogens is 5. The van der Waals surface area contributed by atoms with Gasteiger partial charge >= 0.3 is 0 Å². The number of nitrogens with zero attached hydrogens (tertiary/aromatic N) is 6. The Morgan fingerprint density at radius 1 is 1.04 bits per heavy atom. The summed E-state index contributed by atoms with van der Waals surface area (Å²) in [5.74, 6) is 0.833. The lowest BCUT2D eigenvalue weighted by atomic mass is 9.97. The zero-order valence-corrected chi connectivity index (χ0v) is 15.7. The minimum Gasteiger partial charge on any atom is -0.352 e. The van der Waals surface area contributed by atoms with E-state index in [1.165, 1.54) is 0 Å². The van der Waals surface area contributed by atoms with Crippen LogP contribution in [-0.2, 0) is 13.6 Å². The first-order chi connectivity index (χ1) is 13.6. The molecule has 1 aliphatic rings. The van der Waals surface area contributed by atoms with E-state index in [1.807, 2.05) is 17.0 Å². The Bertz CT molecular complexity index is 1070. The second-order valence-corrected chi connectivity index (χ2v) is 7.07. The van der Waals surface area contributed by atoms with Crippen LogP contribution in [0.1, 0.15) is 12.8 Å². The van der Waals surface area contributed by atoms with Gasteiger partial charge in [-0.05, 0) is 37.0 Å². The molecule has 0 aliphatic carbocycles. The van der Waals surface area contributed by atoms with E-state index >= 15 is 0 Å². The van der Waals surface area contributed by atoms with Crippen LogP contribution in [0.3, 0.4) is 0 Å². The van der Waals surface area contributed by atoms with E-state index in [2.05, 4.69) is 15.1 Å². The van der Waals surface area contributed by atoms with Gasteiger partial charge in [-0.1, -0.05) is 0 Å². The first-order valence-corrected chi connectivity index (χ1v) is 9.37. The number of anilines is 1. The third kappa shape index (κ3) is 3.71. The molecule has 0 unspecified atom stereocenters. The minimum atomic E-state index is -0.0983. The molecule has 0 aromatic carbocycles. The molecule has 3 aromatic rings. The fraction of sp³-hybridized carbons (Fsp3) is 0.350. The van der Waals surface area contributed by atoms with Gasteiger partial charge < -0.3 is 9.47 Å². The summed E-state index contributed by atoms with van der Waals surface area (Å²) < 4.78 is 3.10. The van der Waals surface area contributed by atoms with Crippen molar-refractivity contribution in [3.63, 3.8) is 0 Å². The van der Waals surface area contributed by atoms with Crippen molar-refractivity contribution in [2.75, 3.05) is 18.0 Å². The van der Waals surface area contributed by atoms with Crippen molar-refractivity contribution in [2.24, 2.45) is 13.0 Å². The summed E-state index contributed by atoms with van der Waals surface area (Å²) in [4.78, 5) is 34.8. The van der Waals surface area contributed by atoms with Crippen LogP contribution in [0.5, 0.6) is 0 Å². The Morgan fingerprint density at radius 3 is 2.54 bits per heavy atom. The molecule has 0 N–H and O–H groups in total. The smallest absolute Gasteiger partial charge is 0.293 e. The topological polar surface area (TPSA) is 85.9 Å². The Kier molecular flexibility index (Phi) is 5.01. The Labute approximate surface area is 162 Å². The van der Waals surface area contributed by atoms with E-state index in [4.69, 9.17) is 0 Å². The predicted octanol–water partition coefficient (Wildman–Crippen LogP) is 1.32. The van der Waals surface area contributed by atoms with E-state index in [-0.39, 0.29) is 11.1 Å². The van der Waals surface area contributed by atoms with Gasteiger partial charge in [0.25, 0.3) is 11.1 Å². The molecule has 1 saturated heterocycles. The highest BCUT2D eigenvalue weighted by Crippen LogP contribution is 2.21. The van der Waals surface area contributed by atoms with E-state index in [1.54, 1.807) is 53.2 Å². The number of rotatable bonds is 4. The maximum absolute atomic E-state index is 12.3. The average Bonchev–Trinajstić information content (AvgIpc) is 2.73. The van der Waals surface area contributed by atoms with Crippen LogP contribution < -0.4 is 16.0 Å². The molecule has 8 heteroatoms. The highest BCUT2D eigenvalue weighted by Gasteiger charge is 2.23. The summed E-state index contributed by atoms with van der Waals surface area (Å²) in [6, 6.07) is 7.06. The van der Waals surface area contributed by atoms with E-state index in [0.29, 0.717) is 18.3 Å². The van der Waals surface area contributed by atoms with Gasteiger partial charge in [0.15, 0.2) is 5.82 Å². The Balaban J connectivity index is 1.46. The van der Waals surface area contributed by atoms with E-state index < -0.39 is 0 Å². The van der Waals surface area contributed by atoms with E-state index in [9.17, 15) is 9.59 Å². The number of pyridine rings is 1. The van der Waals surface area contributed by atoms with Crippen LogP contribution in [0, 0.1) is 5.92 Å². The highest BCUT2D eigenvalue weighted by atomic mass is 16.1. The SMILES string of the molecule is Cn1ccnc(N2CCC(Cn3nc(-c4ccncc4)ccc3=O)CC2)c1=O. The summed E-state index contributed by atoms with van der Waals surface area (Å²) in [6.07, 6.45) is 8.50. The fourth-order valence-corrected chi connectivity index (χ4v) is 3.53. The first kappa shape index (κ1) is 18.1. The van der Waals surface area contributed by atoms with Crippen LogP contribution in [0.15, 0.2) is 58.6 Å². The molecule has 4 heterocycles. The lowest BCUT2D eigenvalue weighted by Gasteiger charge is -2.32. The summed E-state index contributed by atoms with van der Waals surface area (Å²) in [7, 11) is 1.73. The van der Waals surface area contributed by atoms with Gasteiger partial charge in [0.2, 0.25) is 0 Å². The van der Waals surface area contributed by atoms with Crippen molar-refractivity contribution < 1.29 is 0 Å². The summed E-state index contributed by atoms with van der Waals surface area (Å²) in [5, 5.41) is 4.54. The lowest BCUT2D eigenvalue weighted by molar-refractivity contribution is 0.334. The third-order valence-electron chi connectivity index (χ3n) is 5.19. The molecule has 1 aliphatic heterocycles. The van der Waals surface area contributed by atoms with Crippen molar-refractivity contribution in [3.05, 3.63) is 69.8 Å². The molecule has 0 radical (unpaired) electrons. The largest absolute Gasteiger partial charge is 0.352 e. The monoisotopic (exact) mass is 378 g/mol. The first-order valence-electron chi connectivity index (χ1n) is 9.37. The highest BCUT2D eigenvalue weighted by molar-refractivity contribution is 5.57. The van der Waals surface area contributed by atoms with Gasteiger partial charge in [-0.15, -0.1) is 0 Å². The number of aryl methyl sites for hydroxylation is 1. The maximum atomic E-state index is 12.3. The Hall–Kier alpha value is -3.29. The molecule has 144 valence electrons. The molecule has 4 rings (SSSR count). The number of piperidine rings is 1. The van der Waals surface area contributed by atoms with Gasteiger partial charge in [-0.3, -0.25) is 14.6 Å². The molecule has 8 nitrogen and oxygen atoms in total. The van der Waals surface area contributed by atoms with Crippen molar-refractivity contribution in [2.45, 2.75) is 19.4 Å². The Morgan fingerprint density at radius 2 is 1.79 bits per heavy atom. The molecule has 0 saturated carbocycles. The normalized spacial score (nSPS) is 15.0. The molecule has 0 spiro atoms. The molecule has 28 heavy (non-hydrogen) atoms. The maximum Gasteiger partial charge on any atom is 0.293 e. The van der Waals surface area contributed by atoms with Crippen molar-refractivity contribution in [1.29, 1.82) is 0 Å². The average molecular weight is 378 g/mol. The fourth-order valence-electron chi connectivity index (χ4n) is 3.53. The second kappa shape index (κ2) is 7.75. The van der Waals surface area contributed by atoms with Gasteiger partial charge in [-0.2, -0.15) is 5.10 Å². The van der Waals surface area contributed by atoms with Crippen molar-refractivity contribution in [3.8, 4) is 11.3 Å². The molecule has 1 fully saturated rings. The zero-order chi connectivity index (χ0) is 19.5. The van der Waals surface area contributed by atoms with Crippen LogP contribution in [0.25, 0.3) is 11.3 Å². The molecular formula is C20H22N6O2. The predicted molar refractivity (Wildman–Crippen MR) is 106 cm³/mol. The molecular weight excluding hydrogens is 356 g/mol.